The van der Waals surface area contributed by atoms with Crippen LogP contribution in [0, 0.1) is 0 Å². The molecule has 0 radical (unpaired) electrons. The number of carboxylic acids is 2. The summed E-state index contributed by atoms with van der Waals surface area (Å²) in [7, 11) is 0. The number of hydrogen-bond acceptors (Lipinski definition) is 10. The number of guanidine groups is 1. The Kier molecular flexibility index (Phi) is 14.7. The van der Waals surface area contributed by atoms with Gasteiger partial charge in [-0.2, -0.15) is 0 Å². The maximum atomic E-state index is 13.2. The van der Waals surface area contributed by atoms with E-state index in [2.05, 4.69) is 20.9 Å². The first kappa shape index (κ1) is 35.1. The van der Waals surface area contributed by atoms with E-state index in [-0.39, 0.29) is 31.1 Å². The fraction of sp³-hybridized carbons (Fsp3) is 0.458. The number of rotatable bonds is 18. The van der Waals surface area contributed by atoms with E-state index in [0.717, 1.165) is 0 Å². The van der Waals surface area contributed by atoms with E-state index in [1.165, 1.54) is 24.3 Å². The van der Waals surface area contributed by atoms with E-state index in [0.29, 0.717) is 12.0 Å². The molecule has 0 aliphatic rings. The molecule has 0 bridgehead atoms. The number of carbonyl (C=O) groups is 6. The van der Waals surface area contributed by atoms with E-state index in [1.807, 2.05) is 5.32 Å². The molecule has 0 saturated heterocycles. The number of aliphatic imine (C=N–C) groups is 1. The first-order valence-electron chi connectivity index (χ1n) is 12.6. The van der Waals surface area contributed by atoms with E-state index in [9.17, 15) is 39.0 Å². The highest BCUT2D eigenvalue weighted by Gasteiger charge is 2.31. The van der Waals surface area contributed by atoms with Crippen LogP contribution in [-0.2, 0) is 35.2 Å². The Bertz CT molecular complexity index is 1140. The predicted octanol–water partition coefficient (Wildman–Crippen LogP) is -4.56. The molecule has 4 atom stereocenters. The van der Waals surface area contributed by atoms with Crippen LogP contribution in [0.25, 0.3) is 0 Å². The SMILES string of the molecule is NC(N)=NCCC[C@H](N)C(=O)N[C@@H](Cc1ccc(O)cc1)C(=O)N[C@@H](CO)C(=O)N[C@@H](CC(=O)O)C(=O)NCC(=O)O. The van der Waals surface area contributed by atoms with Crippen LogP contribution in [0.15, 0.2) is 29.3 Å². The van der Waals surface area contributed by atoms with Crippen molar-refractivity contribution in [2.75, 3.05) is 19.7 Å². The summed E-state index contributed by atoms with van der Waals surface area (Å²) in [5.74, 6) is -7.04. The van der Waals surface area contributed by atoms with Crippen molar-refractivity contribution in [1.29, 1.82) is 0 Å². The number of nitrogens with one attached hydrogen (secondary N) is 4. The molecule has 0 aliphatic carbocycles. The van der Waals surface area contributed by atoms with Crippen molar-refractivity contribution < 1.29 is 49.2 Å². The van der Waals surface area contributed by atoms with Gasteiger partial charge in [-0.15, -0.1) is 0 Å². The molecule has 0 heterocycles. The number of carboxylic acid groups (broad SMARTS) is 2. The van der Waals surface area contributed by atoms with Crippen molar-refractivity contribution in [2.24, 2.45) is 22.2 Å². The number of aliphatic carboxylic acids is 2. The summed E-state index contributed by atoms with van der Waals surface area (Å²) in [5, 5.41) is 45.8. The third-order valence-electron chi connectivity index (χ3n) is 5.55. The Morgan fingerprint density at radius 3 is 1.93 bits per heavy atom. The highest BCUT2D eigenvalue weighted by Crippen LogP contribution is 2.12. The van der Waals surface area contributed by atoms with Crippen LogP contribution in [0.2, 0.25) is 0 Å². The van der Waals surface area contributed by atoms with E-state index in [4.69, 9.17) is 27.4 Å². The zero-order chi connectivity index (χ0) is 31.8. The largest absolute Gasteiger partial charge is 0.508 e. The minimum atomic E-state index is -1.73. The monoisotopic (exact) mass is 596 g/mol. The van der Waals surface area contributed by atoms with Gasteiger partial charge in [0.15, 0.2) is 5.96 Å². The molecule has 18 nitrogen and oxygen atoms in total. The summed E-state index contributed by atoms with van der Waals surface area (Å²) in [6, 6.07) is -0.154. The number of benzene rings is 1. The number of aliphatic hydroxyl groups is 1. The molecule has 0 unspecified atom stereocenters. The minimum absolute atomic E-state index is 0.0492. The van der Waals surface area contributed by atoms with Gasteiger partial charge in [0.1, 0.15) is 30.4 Å². The van der Waals surface area contributed by atoms with Crippen LogP contribution < -0.4 is 38.5 Å². The molecule has 0 saturated carbocycles. The van der Waals surface area contributed by atoms with Crippen LogP contribution in [0.5, 0.6) is 5.75 Å². The smallest absolute Gasteiger partial charge is 0.322 e. The lowest BCUT2D eigenvalue weighted by molar-refractivity contribution is -0.141. The second-order valence-electron chi connectivity index (χ2n) is 9.00. The number of nitrogens with two attached hydrogens (primary N) is 3. The Labute approximate surface area is 239 Å². The average molecular weight is 597 g/mol. The number of aromatic hydroxyl groups is 1. The topological polar surface area (TPSA) is 322 Å². The van der Waals surface area contributed by atoms with Crippen molar-refractivity contribution in [3.63, 3.8) is 0 Å². The Balaban J connectivity index is 3.03. The zero-order valence-electron chi connectivity index (χ0n) is 22.5. The molecule has 232 valence electrons. The lowest BCUT2D eigenvalue weighted by atomic mass is 10.0. The van der Waals surface area contributed by atoms with E-state index in [1.54, 1.807) is 0 Å². The summed E-state index contributed by atoms with van der Waals surface area (Å²) in [6.07, 6.45) is -0.542. The Morgan fingerprint density at radius 2 is 1.38 bits per heavy atom. The van der Waals surface area contributed by atoms with Crippen LogP contribution in [0.4, 0.5) is 0 Å². The third-order valence-corrected chi connectivity index (χ3v) is 5.55. The summed E-state index contributed by atoms with van der Waals surface area (Å²) < 4.78 is 0. The van der Waals surface area contributed by atoms with Gasteiger partial charge in [0.2, 0.25) is 23.6 Å². The van der Waals surface area contributed by atoms with Crippen LogP contribution in [0.3, 0.4) is 0 Å². The number of amides is 4. The molecule has 4 amide bonds. The molecular formula is C24H36N8O10. The first-order chi connectivity index (χ1) is 19.7. The second kappa shape index (κ2) is 17.7. The molecule has 42 heavy (non-hydrogen) atoms. The third kappa shape index (κ3) is 13.4. The molecule has 14 N–H and O–H groups in total. The summed E-state index contributed by atoms with van der Waals surface area (Å²) >= 11 is 0. The fourth-order valence-electron chi connectivity index (χ4n) is 3.41. The molecule has 1 rings (SSSR count). The Hall–Kier alpha value is -4.97. The lowest BCUT2D eigenvalue weighted by Gasteiger charge is -2.25. The normalized spacial score (nSPS) is 13.4. The van der Waals surface area contributed by atoms with Crippen LogP contribution in [0.1, 0.15) is 24.8 Å². The van der Waals surface area contributed by atoms with Gasteiger partial charge in [-0.3, -0.25) is 33.8 Å². The number of phenolic OH excluding ortho intramolecular Hbond substituents is 1. The number of hydrogen-bond donors (Lipinski definition) is 11. The van der Waals surface area contributed by atoms with E-state index < -0.39 is 79.3 Å². The van der Waals surface area contributed by atoms with Gasteiger partial charge in [0, 0.05) is 13.0 Å². The number of aliphatic hydroxyl groups excluding tert-OH is 1. The molecule has 0 spiro atoms. The van der Waals surface area contributed by atoms with Gasteiger partial charge >= 0.3 is 11.9 Å². The summed E-state index contributed by atoms with van der Waals surface area (Å²) in [5.41, 5.74) is 16.9. The fourth-order valence-corrected chi connectivity index (χ4v) is 3.41. The highest BCUT2D eigenvalue weighted by molar-refractivity contribution is 5.96. The number of phenols is 1. The van der Waals surface area contributed by atoms with Gasteiger partial charge in [-0.05, 0) is 30.5 Å². The van der Waals surface area contributed by atoms with Crippen molar-refractivity contribution in [3.05, 3.63) is 29.8 Å². The molecule has 18 heteroatoms. The highest BCUT2D eigenvalue weighted by atomic mass is 16.4. The molecule has 0 aromatic heterocycles. The molecular weight excluding hydrogens is 560 g/mol. The standard InChI is InChI=1S/C24H36N8O10/c25-14(2-1-7-28-24(26)27)20(39)30-15(8-12-3-5-13(34)6-4-12)22(41)32-17(11-33)23(42)31-16(9-18(35)36)21(40)29-10-19(37)38/h3-6,14-17,33-34H,1-2,7-11,25H2,(H,29,40)(H,30,39)(H,31,42)(H,32,41)(H,35,36)(H,37,38)(H4,26,27,28)/t14-,15-,16-,17-/m0/s1. The Morgan fingerprint density at radius 1 is 0.810 bits per heavy atom. The number of nitrogens with zero attached hydrogens (tertiary/aromatic N) is 1. The summed E-state index contributed by atoms with van der Waals surface area (Å²) in [6.45, 7) is -1.62. The average Bonchev–Trinajstić information content (AvgIpc) is 2.92. The van der Waals surface area contributed by atoms with Gasteiger partial charge in [0.25, 0.3) is 0 Å². The van der Waals surface area contributed by atoms with Gasteiger partial charge in [-0.25, -0.2) is 0 Å². The first-order valence-corrected chi connectivity index (χ1v) is 12.6. The maximum absolute atomic E-state index is 13.2. The number of carbonyl (C=O) groups excluding carboxylic acids is 4. The molecule has 0 fully saturated rings. The predicted molar refractivity (Wildman–Crippen MR) is 145 cm³/mol. The minimum Gasteiger partial charge on any atom is -0.508 e. The summed E-state index contributed by atoms with van der Waals surface area (Å²) in [4.78, 5) is 76.5. The van der Waals surface area contributed by atoms with Crippen LogP contribution in [-0.4, -0.2) is 106 Å². The van der Waals surface area contributed by atoms with Gasteiger partial charge in [0.05, 0.1) is 19.1 Å². The lowest BCUT2D eigenvalue weighted by Crippen LogP contribution is -2.59. The van der Waals surface area contributed by atoms with Gasteiger partial charge in [-0.1, -0.05) is 12.1 Å². The quantitative estimate of drug-likeness (QED) is 0.0432. The van der Waals surface area contributed by atoms with Gasteiger partial charge < -0.3 is 58.9 Å². The molecule has 1 aromatic rings. The maximum Gasteiger partial charge on any atom is 0.322 e. The van der Waals surface area contributed by atoms with Crippen molar-refractivity contribution in [3.8, 4) is 5.75 Å². The zero-order valence-corrected chi connectivity index (χ0v) is 22.5. The second-order valence-corrected chi connectivity index (χ2v) is 9.00. The van der Waals surface area contributed by atoms with E-state index >= 15 is 0 Å². The molecule has 1 aromatic carbocycles. The van der Waals surface area contributed by atoms with Crippen molar-refractivity contribution >= 4 is 41.5 Å². The molecule has 0 aliphatic heterocycles. The van der Waals surface area contributed by atoms with Crippen molar-refractivity contribution in [2.45, 2.75) is 49.9 Å². The van der Waals surface area contributed by atoms with Crippen molar-refractivity contribution in [1.82, 2.24) is 21.3 Å². The van der Waals surface area contributed by atoms with Crippen LogP contribution >= 0.6 is 0 Å².